The molecule has 0 aromatic carbocycles. The van der Waals surface area contributed by atoms with Gasteiger partial charge in [0.05, 0.1) is 6.42 Å². The summed E-state index contributed by atoms with van der Waals surface area (Å²) in [6, 6.07) is 0.544. The van der Waals surface area contributed by atoms with Crippen molar-refractivity contribution in [2.24, 2.45) is 0 Å². The Balaban J connectivity index is 1.75. The minimum atomic E-state index is -0.760. The van der Waals surface area contributed by atoms with E-state index in [1.54, 1.807) is 0 Å². The minimum absolute atomic E-state index is 0.134. The topological polar surface area (TPSA) is 64.1 Å². The SMILES string of the molecule is CN(C(=O)N1CCN(CCC(=O)O)CC1)C1CCCC1. The zero-order valence-corrected chi connectivity index (χ0v) is 12.3. The fraction of sp³-hybridized carbons (Fsp3) is 0.857. The van der Waals surface area contributed by atoms with Crippen LogP contribution in [0.2, 0.25) is 0 Å². The van der Waals surface area contributed by atoms with E-state index in [2.05, 4.69) is 4.90 Å². The van der Waals surface area contributed by atoms with E-state index in [0.29, 0.717) is 25.7 Å². The number of urea groups is 1. The Kier molecular flexibility index (Phi) is 5.23. The molecule has 0 aromatic rings. The molecule has 0 atom stereocenters. The lowest BCUT2D eigenvalue weighted by atomic mass is 10.2. The predicted molar refractivity (Wildman–Crippen MR) is 75.7 cm³/mol. The van der Waals surface area contributed by atoms with Crippen molar-refractivity contribution in [2.45, 2.75) is 38.1 Å². The maximum absolute atomic E-state index is 12.4. The molecule has 0 spiro atoms. The van der Waals surface area contributed by atoms with Crippen LogP contribution in [0.4, 0.5) is 4.79 Å². The Bertz CT molecular complexity index is 348. The number of carbonyl (C=O) groups excluding carboxylic acids is 1. The molecule has 1 N–H and O–H groups in total. The van der Waals surface area contributed by atoms with Crippen molar-refractivity contribution in [3.05, 3.63) is 0 Å². The van der Waals surface area contributed by atoms with Crippen LogP contribution in [0, 0.1) is 0 Å². The van der Waals surface area contributed by atoms with Crippen molar-refractivity contribution < 1.29 is 14.7 Å². The maximum atomic E-state index is 12.4. The molecule has 6 nitrogen and oxygen atoms in total. The number of carbonyl (C=O) groups is 2. The summed E-state index contributed by atoms with van der Waals surface area (Å²) in [6.07, 6.45) is 4.88. The normalized spacial score (nSPS) is 21.1. The van der Waals surface area contributed by atoms with Gasteiger partial charge < -0.3 is 14.9 Å². The van der Waals surface area contributed by atoms with Crippen molar-refractivity contribution in [2.75, 3.05) is 39.8 Å². The standard InChI is InChI=1S/C14H25N3O3/c1-15(12-4-2-3-5-12)14(20)17-10-8-16(9-11-17)7-6-13(18)19/h12H,2-11H2,1H3,(H,18,19). The summed E-state index contributed by atoms with van der Waals surface area (Å²) in [4.78, 5) is 28.9. The quantitative estimate of drug-likeness (QED) is 0.838. The third-order valence-corrected chi connectivity index (χ3v) is 4.46. The first-order valence-electron chi connectivity index (χ1n) is 7.54. The van der Waals surface area contributed by atoms with Gasteiger partial charge in [-0.1, -0.05) is 12.8 Å². The first-order valence-corrected chi connectivity index (χ1v) is 7.54. The van der Waals surface area contributed by atoms with Gasteiger partial charge in [0, 0.05) is 45.8 Å². The predicted octanol–water partition coefficient (Wildman–Crippen LogP) is 1.07. The molecule has 1 heterocycles. The summed E-state index contributed by atoms with van der Waals surface area (Å²) in [6.45, 7) is 3.54. The molecule has 1 aliphatic heterocycles. The van der Waals surface area contributed by atoms with E-state index in [1.807, 2.05) is 16.8 Å². The molecule has 2 amide bonds. The van der Waals surface area contributed by atoms with Crippen LogP contribution in [0.15, 0.2) is 0 Å². The zero-order chi connectivity index (χ0) is 14.5. The molecule has 1 saturated carbocycles. The monoisotopic (exact) mass is 283 g/mol. The van der Waals surface area contributed by atoms with Gasteiger partial charge in [-0.05, 0) is 12.8 Å². The molecule has 0 aromatic heterocycles. The van der Waals surface area contributed by atoms with Gasteiger partial charge in [-0.25, -0.2) is 4.79 Å². The number of carboxylic acid groups (broad SMARTS) is 1. The Morgan fingerprint density at radius 1 is 1.15 bits per heavy atom. The number of carboxylic acids is 1. The van der Waals surface area contributed by atoms with E-state index in [-0.39, 0.29) is 12.5 Å². The molecule has 0 unspecified atom stereocenters. The first-order chi connectivity index (χ1) is 9.58. The highest BCUT2D eigenvalue weighted by Crippen LogP contribution is 2.23. The highest BCUT2D eigenvalue weighted by Gasteiger charge is 2.28. The van der Waals surface area contributed by atoms with Gasteiger partial charge in [-0.3, -0.25) is 9.69 Å². The molecule has 0 radical (unpaired) electrons. The van der Waals surface area contributed by atoms with Crippen LogP contribution in [-0.2, 0) is 4.79 Å². The van der Waals surface area contributed by atoms with Crippen LogP contribution < -0.4 is 0 Å². The molecule has 20 heavy (non-hydrogen) atoms. The Hall–Kier alpha value is -1.30. The van der Waals surface area contributed by atoms with Crippen LogP contribution in [0.5, 0.6) is 0 Å². The van der Waals surface area contributed by atoms with E-state index in [4.69, 9.17) is 5.11 Å². The number of aliphatic carboxylic acids is 1. The Morgan fingerprint density at radius 3 is 2.30 bits per heavy atom. The fourth-order valence-corrected chi connectivity index (χ4v) is 3.09. The van der Waals surface area contributed by atoms with Gasteiger partial charge in [-0.2, -0.15) is 0 Å². The van der Waals surface area contributed by atoms with Gasteiger partial charge in [0.15, 0.2) is 0 Å². The molecule has 1 aliphatic carbocycles. The second-order valence-corrected chi connectivity index (χ2v) is 5.80. The maximum Gasteiger partial charge on any atom is 0.320 e. The largest absolute Gasteiger partial charge is 0.481 e. The summed E-state index contributed by atoms with van der Waals surface area (Å²) >= 11 is 0. The van der Waals surface area contributed by atoms with E-state index >= 15 is 0 Å². The highest BCUT2D eigenvalue weighted by atomic mass is 16.4. The van der Waals surface area contributed by atoms with E-state index in [1.165, 1.54) is 12.8 Å². The average molecular weight is 283 g/mol. The molecule has 1 saturated heterocycles. The summed E-state index contributed by atoms with van der Waals surface area (Å²) in [7, 11) is 1.91. The molecule has 2 rings (SSSR count). The van der Waals surface area contributed by atoms with Crippen LogP contribution in [0.3, 0.4) is 0 Å². The summed E-state index contributed by atoms with van der Waals surface area (Å²) in [5.41, 5.74) is 0. The van der Waals surface area contributed by atoms with Crippen molar-refractivity contribution in [1.29, 1.82) is 0 Å². The summed E-state index contributed by atoms with van der Waals surface area (Å²) in [5, 5.41) is 8.68. The summed E-state index contributed by atoms with van der Waals surface area (Å²) < 4.78 is 0. The lowest BCUT2D eigenvalue weighted by Gasteiger charge is -2.38. The molecule has 2 aliphatic rings. The molecular formula is C14H25N3O3. The van der Waals surface area contributed by atoms with Crippen molar-refractivity contribution in [3.63, 3.8) is 0 Å². The number of hydrogen-bond donors (Lipinski definition) is 1. The minimum Gasteiger partial charge on any atom is -0.481 e. The molecule has 2 fully saturated rings. The highest BCUT2D eigenvalue weighted by molar-refractivity contribution is 5.74. The Morgan fingerprint density at radius 2 is 1.75 bits per heavy atom. The number of piperazine rings is 1. The van der Waals surface area contributed by atoms with E-state index in [9.17, 15) is 9.59 Å². The van der Waals surface area contributed by atoms with Gasteiger partial charge >= 0.3 is 12.0 Å². The molecule has 114 valence electrons. The van der Waals surface area contributed by atoms with Gasteiger partial charge in [0.2, 0.25) is 0 Å². The zero-order valence-electron chi connectivity index (χ0n) is 12.3. The third-order valence-electron chi connectivity index (χ3n) is 4.46. The first kappa shape index (κ1) is 15.1. The number of amides is 2. The van der Waals surface area contributed by atoms with Crippen molar-refractivity contribution >= 4 is 12.0 Å². The van der Waals surface area contributed by atoms with Crippen LogP contribution in [0.25, 0.3) is 0 Å². The second-order valence-electron chi connectivity index (χ2n) is 5.80. The second kappa shape index (κ2) is 6.92. The average Bonchev–Trinajstić information content (AvgIpc) is 2.98. The fourth-order valence-electron chi connectivity index (χ4n) is 3.09. The molecular weight excluding hydrogens is 258 g/mol. The number of hydrogen-bond acceptors (Lipinski definition) is 3. The van der Waals surface area contributed by atoms with Gasteiger partial charge in [0.25, 0.3) is 0 Å². The van der Waals surface area contributed by atoms with Crippen LogP contribution in [0.1, 0.15) is 32.1 Å². The van der Waals surface area contributed by atoms with Crippen LogP contribution >= 0.6 is 0 Å². The smallest absolute Gasteiger partial charge is 0.320 e. The van der Waals surface area contributed by atoms with E-state index in [0.717, 1.165) is 25.9 Å². The van der Waals surface area contributed by atoms with Crippen LogP contribution in [-0.4, -0.2) is 77.6 Å². The van der Waals surface area contributed by atoms with E-state index < -0.39 is 5.97 Å². The van der Waals surface area contributed by atoms with Crippen molar-refractivity contribution in [1.82, 2.24) is 14.7 Å². The number of nitrogens with zero attached hydrogens (tertiary/aromatic N) is 3. The molecule has 0 bridgehead atoms. The lowest BCUT2D eigenvalue weighted by Crippen LogP contribution is -2.53. The van der Waals surface area contributed by atoms with Gasteiger partial charge in [-0.15, -0.1) is 0 Å². The summed E-state index contributed by atoms with van der Waals surface area (Å²) in [5.74, 6) is -0.760. The van der Waals surface area contributed by atoms with Gasteiger partial charge in [0.1, 0.15) is 0 Å². The molecule has 6 heteroatoms. The lowest BCUT2D eigenvalue weighted by molar-refractivity contribution is -0.137. The van der Waals surface area contributed by atoms with Crippen molar-refractivity contribution in [3.8, 4) is 0 Å². The Labute approximate surface area is 120 Å². The number of rotatable bonds is 4. The third kappa shape index (κ3) is 3.85.